The molecule has 0 radical (unpaired) electrons. The summed E-state index contributed by atoms with van der Waals surface area (Å²) in [6, 6.07) is 9.97. The number of pyridine rings is 1. The molecule has 0 amide bonds. The fraction of sp³-hybridized carbons (Fsp3) is 0.389. The molecule has 1 aliphatic rings. The van der Waals surface area contributed by atoms with E-state index in [1.54, 1.807) is 24.3 Å². The first-order valence-corrected chi connectivity index (χ1v) is 10.4. The van der Waals surface area contributed by atoms with E-state index in [1.807, 2.05) is 12.1 Å². The van der Waals surface area contributed by atoms with Gasteiger partial charge in [0.2, 0.25) is 10.0 Å². The maximum Gasteiger partial charge on any atom is 0.244 e. The van der Waals surface area contributed by atoms with Gasteiger partial charge >= 0.3 is 0 Å². The van der Waals surface area contributed by atoms with Crippen LogP contribution in [0.2, 0.25) is 5.02 Å². The summed E-state index contributed by atoms with van der Waals surface area (Å²) in [6.45, 7) is 0.994. The van der Waals surface area contributed by atoms with Crippen LogP contribution in [0.15, 0.2) is 47.5 Å². The molecule has 0 spiro atoms. The summed E-state index contributed by atoms with van der Waals surface area (Å²) in [5.74, 6) is 0.497. The Balaban J connectivity index is 1.73. The highest BCUT2D eigenvalue weighted by atomic mass is 35.5. The zero-order valence-electron chi connectivity index (χ0n) is 14.3. The van der Waals surface area contributed by atoms with Crippen LogP contribution < -0.4 is 5.32 Å². The number of sulfonamides is 1. The average molecular weight is 396 g/mol. The number of hydrogen-bond acceptors (Lipinski definition) is 5. The lowest BCUT2D eigenvalue weighted by Crippen LogP contribution is -2.35. The zero-order chi connectivity index (χ0) is 18.6. The topological polar surface area (TPSA) is 82.5 Å². The van der Waals surface area contributed by atoms with Crippen molar-refractivity contribution in [2.24, 2.45) is 0 Å². The maximum atomic E-state index is 12.6. The molecule has 2 N–H and O–H groups in total. The molecule has 6 nitrogen and oxygen atoms in total. The summed E-state index contributed by atoms with van der Waals surface area (Å²) in [5.41, 5.74) is 0.865. The molecule has 8 heteroatoms. The molecule has 0 aliphatic carbocycles. The van der Waals surface area contributed by atoms with Crippen molar-refractivity contribution >= 4 is 27.4 Å². The lowest BCUT2D eigenvalue weighted by molar-refractivity contribution is 0.276. The lowest BCUT2D eigenvalue weighted by atomic mass is 10.1. The number of nitrogens with zero attached hydrogens (tertiary/aromatic N) is 2. The first-order valence-electron chi connectivity index (χ1n) is 8.60. The van der Waals surface area contributed by atoms with Gasteiger partial charge in [-0.1, -0.05) is 30.2 Å². The van der Waals surface area contributed by atoms with Gasteiger partial charge in [-0.3, -0.25) is 0 Å². The summed E-state index contributed by atoms with van der Waals surface area (Å²) < 4.78 is 26.8. The molecule has 1 atom stereocenters. The van der Waals surface area contributed by atoms with Gasteiger partial charge < -0.3 is 10.4 Å². The highest BCUT2D eigenvalue weighted by molar-refractivity contribution is 7.89. The molecular weight excluding hydrogens is 374 g/mol. The van der Waals surface area contributed by atoms with E-state index in [-0.39, 0.29) is 17.5 Å². The summed E-state index contributed by atoms with van der Waals surface area (Å²) in [4.78, 5) is 4.41. The van der Waals surface area contributed by atoms with E-state index in [0.29, 0.717) is 23.9 Å². The SMILES string of the molecule is O=S(=O)(c1ccc(NC(CO)c2ccc(Cl)cc2)nc1)N1CCCCC1. The Morgan fingerprint density at radius 3 is 2.38 bits per heavy atom. The highest BCUT2D eigenvalue weighted by Gasteiger charge is 2.26. The van der Waals surface area contributed by atoms with Crippen LogP contribution in [0.4, 0.5) is 5.82 Å². The number of benzene rings is 1. The minimum Gasteiger partial charge on any atom is -0.394 e. The van der Waals surface area contributed by atoms with Gasteiger partial charge in [0, 0.05) is 24.3 Å². The molecule has 140 valence electrons. The Bertz CT molecular complexity index is 820. The Hall–Kier alpha value is -1.67. The van der Waals surface area contributed by atoms with Crippen LogP contribution >= 0.6 is 11.6 Å². The molecule has 1 aliphatic heterocycles. The predicted molar refractivity (Wildman–Crippen MR) is 102 cm³/mol. The number of piperidine rings is 1. The van der Waals surface area contributed by atoms with Crippen LogP contribution in [0.25, 0.3) is 0 Å². The normalized spacial score (nSPS) is 17.0. The van der Waals surface area contributed by atoms with Gasteiger partial charge in [0.05, 0.1) is 12.6 Å². The van der Waals surface area contributed by atoms with E-state index in [1.165, 1.54) is 10.5 Å². The molecule has 1 fully saturated rings. The number of anilines is 1. The summed E-state index contributed by atoms with van der Waals surface area (Å²) in [6.07, 6.45) is 4.22. The number of rotatable bonds is 6. The van der Waals surface area contributed by atoms with Crippen LogP contribution in [0, 0.1) is 0 Å². The molecule has 26 heavy (non-hydrogen) atoms. The predicted octanol–water partition coefficient (Wildman–Crippen LogP) is 3.06. The quantitative estimate of drug-likeness (QED) is 0.785. The Morgan fingerprint density at radius 2 is 1.81 bits per heavy atom. The summed E-state index contributed by atoms with van der Waals surface area (Å²) >= 11 is 5.89. The van der Waals surface area contributed by atoms with Gasteiger partial charge in [0.15, 0.2) is 0 Å². The number of aromatic nitrogens is 1. The second-order valence-corrected chi connectivity index (χ2v) is 8.65. The van der Waals surface area contributed by atoms with Gasteiger partial charge in [-0.25, -0.2) is 13.4 Å². The van der Waals surface area contributed by atoms with Gasteiger partial charge in [-0.2, -0.15) is 4.31 Å². The third-order valence-electron chi connectivity index (χ3n) is 4.47. The third kappa shape index (κ3) is 4.35. The van der Waals surface area contributed by atoms with Crippen molar-refractivity contribution in [3.05, 3.63) is 53.2 Å². The van der Waals surface area contributed by atoms with Crippen molar-refractivity contribution in [1.29, 1.82) is 0 Å². The molecule has 0 bridgehead atoms. The lowest BCUT2D eigenvalue weighted by Gasteiger charge is -2.25. The van der Waals surface area contributed by atoms with Gasteiger partial charge in [0.1, 0.15) is 10.7 Å². The van der Waals surface area contributed by atoms with Crippen molar-refractivity contribution in [3.8, 4) is 0 Å². The minimum atomic E-state index is -3.49. The van der Waals surface area contributed by atoms with Crippen molar-refractivity contribution in [1.82, 2.24) is 9.29 Å². The van der Waals surface area contributed by atoms with Crippen molar-refractivity contribution in [2.75, 3.05) is 25.0 Å². The maximum absolute atomic E-state index is 12.6. The second-order valence-electron chi connectivity index (χ2n) is 6.27. The van der Waals surface area contributed by atoms with Crippen LogP contribution in [0.5, 0.6) is 0 Å². The molecule has 1 unspecified atom stereocenters. The standard InChI is InChI=1S/C18H22ClN3O3S/c19-15-6-4-14(5-7-15)17(13-23)21-18-9-8-16(12-20-18)26(24,25)22-10-2-1-3-11-22/h4-9,12,17,23H,1-3,10-11,13H2,(H,20,21). The number of halogens is 1. The molecule has 1 saturated heterocycles. The first-order chi connectivity index (χ1) is 12.5. The summed E-state index contributed by atoms with van der Waals surface area (Å²) in [7, 11) is -3.49. The van der Waals surface area contributed by atoms with E-state index in [4.69, 9.17) is 11.6 Å². The smallest absolute Gasteiger partial charge is 0.244 e. The Kier molecular flexibility index (Phi) is 6.13. The second kappa shape index (κ2) is 8.35. The number of aliphatic hydroxyl groups excluding tert-OH is 1. The largest absolute Gasteiger partial charge is 0.394 e. The molecule has 1 aromatic carbocycles. The van der Waals surface area contributed by atoms with Crippen molar-refractivity contribution in [2.45, 2.75) is 30.2 Å². The molecule has 2 heterocycles. The molecule has 1 aromatic heterocycles. The number of hydrogen-bond donors (Lipinski definition) is 2. The van der Waals surface area contributed by atoms with Gasteiger partial charge in [0.25, 0.3) is 0 Å². The zero-order valence-corrected chi connectivity index (χ0v) is 15.9. The molecular formula is C18H22ClN3O3S. The van der Waals surface area contributed by atoms with E-state index in [9.17, 15) is 13.5 Å². The average Bonchev–Trinajstić information content (AvgIpc) is 2.68. The van der Waals surface area contributed by atoms with E-state index >= 15 is 0 Å². The molecule has 2 aromatic rings. The van der Waals surface area contributed by atoms with Crippen molar-refractivity contribution < 1.29 is 13.5 Å². The van der Waals surface area contributed by atoms with Crippen LogP contribution in [-0.2, 0) is 10.0 Å². The van der Waals surface area contributed by atoms with E-state index in [0.717, 1.165) is 24.8 Å². The van der Waals surface area contributed by atoms with Crippen LogP contribution in [0.3, 0.4) is 0 Å². The first kappa shape index (κ1) is 19.1. The van der Waals surface area contributed by atoms with Crippen molar-refractivity contribution in [3.63, 3.8) is 0 Å². The number of aliphatic hydroxyl groups is 1. The van der Waals surface area contributed by atoms with E-state index < -0.39 is 10.0 Å². The fourth-order valence-electron chi connectivity index (χ4n) is 2.98. The Labute approximate surface area is 158 Å². The molecule has 3 rings (SSSR count). The van der Waals surface area contributed by atoms with E-state index in [2.05, 4.69) is 10.3 Å². The third-order valence-corrected chi connectivity index (χ3v) is 6.60. The Morgan fingerprint density at radius 1 is 1.12 bits per heavy atom. The number of nitrogens with one attached hydrogen (secondary N) is 1. The molecule has 0 saturated carbocycles. The van der Waals surface area contributed by atoms with Crippen LogP contribution in [-0.4, -0.2) is 42.5 Å². The van der Waals surface area contributed by atoms with Gasteiger partial charge in [-0.05, 0) is 42.7 Å². The van der Waals surface area contributed by atoms with Gasteiger partial charge in [-0.15, -0.1) is 0 Å². The highest BCUT2D eigenvalue weighted by Crippen LogP contribution is 2.23. The summed E-state index contributed by atoms with van der Waals surface area (Å²) in [5, 5.41) is 13.4. The minimum absolute atomic E-state index is 0.128. The monoisotopic (exact) mass is 395 g/mol. The fourth-order valence-corrected chi connectivity index (χ4v) is 4.57. The van der Waals surface area contributed by atoms with Crippen LogP contribution in [0.1, 0.15) is 30.9 Å².